The first-order valence-corrected chi connectivity index (χ1v) is 6.70. The van der Waals surface area contributed by atoms with E-state index in [0.717, 1.165) is 11.1 Å². The molecule has 0 radical (unpaired) electrons. The van der Waals surface area contributed by atoms with Gasteiger partial charge in [0.2, 0.25) is 0 Å². The van der Waals surface area contributed by atoms with Crippen LogP contribution in [0.2, 0.25) is 0 Å². The van der Waals surface area contributed by atoms with Gasteiger partial charge in [0.25, 0.3) is 0 Å². The predicted molar refractivity (Wildman–Crippen MR) is 83.7 cm³/mol. The van der Waals surface area contributed by atoms with Gasteiger partial charge in [0.1, 0.15) is 0 Å². The first-order chi connectivity index (χ1) is 9.32. The molecule has 0 atom stereocenters. The van der Waals surface area contributed by atoms with Crippen molar-refractivity contribution in [3.05, 3.63) is 29.3 Å². The van der Waals surface area contributed by atoms with Crippen molar-refractivity contribution in [3.8, 4) is 0 Å². The fourth-order valence-corrected chi connectivity index (χ4v) is 1.83. The number of carbonyl (C=O) groups excluding carboxylic acids is 2. The molecule has 1 aromatic rings. The Kier molecular flexibility index (Phi) is 5.64. The van der Waals surface area contributed by atoms with Crippen LogP contribution in [-0.4, -0.2) is 23.3 Å². The standard InChI is InChI=1S/C14H19N3O2S/c1-8(2)10-6-4-5-9(3)12(10)17-14(19)13(18)16-7-11(15)20/h4-6,8H,7H2,1-3H3,(H2,15,20)(H,16,18)(H,17,19). The van der Waals surface area contributed by atoms with E-state index in [9.17, 15) is 9.59 Å². The summed E-state index contributed by atoms with van der Waals surface area (Å²) < 4.78 is 0. The summed E-state index contributed by atoms with van der Waals surface area (Å²) in [5.74, 6) is -1.24. The van der Waals surface area contributed by atoms with Crippen molar-refractivity contribution in [2.45, 2.75) is 26.7 Å². The number of anilines is 1. The van der Waals surface area contributed by atoms with E-state index in [0.29, 0.717) is 5.69 Å². The van der Waals surface area contributed by atoms with Gasteiger partial charge in [-0.1, -0.05) is 44.3 Å². The summed E-state index contributed by atoms with van der Waals surface area (Å²) in [5.41, 5.74) is 7.84. The van der Waals surface area contributed by atoms with E-state index in [2.05, 4.69) is 22.9 Å². The van der Waals surface area contributed by atoms with Crippen LogP contribution >= 0.6 is 12.2 Å². The van der Waals surface area contributed by atoms with Crippen LogP contribution in [0.25, 0.3) is 0 Å². The van der Waals surface area contributed by atoms with Gasteiger partial charge in [-0.25, -0.2) is 0 Å². The number of nitrogens with two attached hydrogens (primary N) is 1. The molecule has 0 aliphatic heterocycles. The molecule has 0 aliphatic rings. The molecular weight excluding hydrogens is 274 g/mol. The van der Waals surface area contributed by atoms with Gasteiger partial charge in [-0.3, -0.25) is 9.59 Å². The first-order valence-electron chi connectivity index (χ1n) is 6.30. The second-order valence-electron chi connectivity index (χ2n) is 4.80. The molecule has 0 aromatic heterocycles. The maximum atomic E-state index is 11.8. The molecule has 1 rings (SSSR count). The molecule has 0 spiro atoms. The molecular formula is C14H19N3O2S. The Balaban J connectivity index is 2.85. The highest BCUT2D eigenvalue weighted by atomic mass is 32.1. The summed E-state index contributed by atoms with van der Waals surface area (Å²) in [6, 6.07) is 5.74. The van der Waals surface area contributed by atoms with E-state index in [1.165, 1.54) is 0 Å². The van der Waals surface area contributed by atoms with E-state index in [4.69, 9.17) is 5.73 Å². The van der Waals surface area contributed by atoms with Crippen LogP contribution in [-0.2, 0) is 9.59 Å². The van der Waals surface area contributed by atoms with Crippen molar-refractivity contribution < 1.29 is 9.59 Å². The topological polar surface area (TPSA) is 84.2 Å². The monoisotopic (exact) mass is 293 g/mol. The highest BCUT2D eigenvalue weighted by Crippen LogP contribution is 2.27. The Morgan fingerprint density at radius 3 is 2.50 bits per heavy atom. The smallest absolute Gasteiger partial charge is 0.313 e. The van der Waals surface area contributed by atoms with Gasteiger partial charge in [-0.2, -0.15) is 0 Å². The summed E-state index contributed by atoms with van der Waals surface area (Å²) in [6.45, 7) is 5.94. The number of hydrogen-bond donors (Lipinski definition) is 3. The van der Waals surface area contributed by atoms with Gasteiger partial charge in [0, 0.05) is 5.69 Å². The lowest BCUT2D eigenvalue weighted by molar-refractivity contribution is -0.135. The molecule has 4 N–H and O–H groups in total. The van der Waals surface area contributed by atoms with E-state index in [-0.39, 0.29) is 17.5 Å². The summed E-state index contributed by atoms with van der Waals surface area (Å²) in [4.78, 5) is 23.6. The third kappa shape index (κ3) is 4.31. The Morgan fingerprint density at radius 1 is 1.30 bits per heavy atom. The first kappa shape index (κ1) is 16.1. The average molecular weight is 293 g/mol. The summed E-state index contributed by atoms with van der Waals surface area (Å²) in [7, 11) is 0. The van der Waals surface area contributed by atoms with Crippen LogP contribution in [0.1, 0.15) is 30.9 Å². The Bertz CT molecular complexity index is 541. The quantitative estimate of drug-likeness (QED) is 0.579. The maximum absolute atomic E-state index is 11.8. The molecule has 6 heteroatoms. The molecule has 0 unspecified atom stereocenters. The zero-order valence-corrected chi connectivity index (χ0v) is 12.6. The van der Waals surface area contributed by atoms with Crippen molar-refractivity contribution in [2.75, 3.05) is 11.9 Å². The normalized spacial score (nSPS) is 10.2. The van der Waals surface area contributed by atoms with Crippen molar-refractivity contribution in [2.24, 2.45) is 5.73 Å². The number of carbonyl (C=O) groups is 2. The largest absolute Gasteiger partial charge is 0.392 e. The highest BCUT2D eigenvalue weighted by Gasteiger charge is 2.17. The molecule has 0 bridgehead atoms. The molecule has 20 heavy (non-hydrogen) atoms. The van der Waals surface area contributed by atoms with Gasteiger partial charge in [0.05, 0.1) is 11.5 Å². The Morgan fingerprint density at radius 2 is 1.95 bits per heavy atom. The van der Waals surface area contributed by atoms with Gasteiger partial charge in [-0.15, -0.1) is 0 Å². The zero-order chi connectivity index (χ0) is 15.3. The van der Waals surface area contributed by atoms with Gasteiger partial charge >= 0.3 is 11.8 Å². The number of hydrogen-bond acceptors (Lipinski definition) is 3. The van der Waals surface area contributed by atoms with Crippen LogP contribution in [0.4, 0.5) is 5.69 Å². The van der Waals surface area contributed by atoms with Gasteiger partial charge in [-0.05, 0) is 24.0 Å². The number of aryl methyl sites for hydroxylation is 1. The van der Waals surface area contributed by atoms with Crippen LogP contribution in [0, 0.1) is 6.92 Å². The highest BCUT2D eigenvalue weighted by molar-refractivity contribution is 7.80. The zero-order valence-electron chi connectivity index (χ0n) is 11.8. The van der Waals surface area contributed by atoms with E-state index in [1.807, 2.05) is 39.0 Å². The average Bonchev–Trinajstić information content (AvgIpc) is 2.37. The van der Waals surface area contributed by atoms with Crippen LogP contribution in [0.3, 0.4) is 0 Å². The molecule has 0 aliphatic carbocycles. The predicted octanol–water partition coefficient (Wildman–Crippen LogP) is 1.46. The lowest BCUT2D eigenvalue weighted by atomic mass is 9.98. The third-order valence-electron chi connectivity index (χ3n) is 2.79. The van der Waals surface area contributed by atoms with Crippen LogP contribution in [0.15, 0.2) is 18.2 Å². The molecule has 5 nitrogen and oxygen atoms in total. The summed E-state index contributed by atoms with van der Waals surface area (Å²) in [5, 5.41) is 5.00. The van der Waals surface area contributed by atoms with Gasteiger partial charge in [0.15, 0.2) is 0 Å². The third-order valence-corrected chi connectivity index (χ3v) is 2.94. The number of nitrogens with one attached hydrogen (secondary N) is 2. The van der Waals surface area contributed by atoms with Crippen molar-refractivity contribution >= 4 is 34.7 Å². The molecule has 2 amide bonds. The lowest BCUT2D eigenvalue weighted by Gasteiger charge is -2.16. The number of rotatable bonds is 4. The second-order valence-corrected chi connectivity index (χ2v) is 5.32. The Hall–Kier alpha value is -1.95. The summed E-state index contributed by atoms with van der Waals surface area (Å²) in [6.07, 6.45) is 0. The minimum atomic E-state index is -0.754. The van der Waals surface area contributed by atoms with Gasteiger partial charge < -0.3 is 16.4 Å². The number of benzene rings is 1. The number of thiocarbonyl (C=S) groups is 1. The molecule has 0 saturated heterocycles. The van der Waals surface area contributed by atoms with Crippen LogP contribution < -0.4 is 16.4 Å². The maximum Gasteiger partial charge on any atom is 0.313 e. The van der Waals surface area contributed by atoms with E-state index >= 15 is 0 Å². The minimum absolute atomic E-state index is 0.00635. The molecule has 0 heterocycles. The minimum Gasteiger partial charge on any atom is -0.392 e. The van der Waals surface area contributed by atoms with E-state index in [1.54, 1.807) is 0 Å². The molecule has 0 saturated carbocycles. The number of para-hydroxylation sites is 1. The fraction of sp³-hybridized carbons (Fsp3) is 0.357. The van der Waals surface area contributed by atoms with E-state index < -0.39 is 11.8 Å². The lowest BCUT2D eigenvalue weighted by Crippen LogP contribution is -2.39. The van der Waals surface area contributed by atoms with Crippen LogP contribution in [0.5, 0.6) is 0 Å². The van der Waals surface area contributed by atoms with Crippen molar-refractivity contribution in [1.29, 1.82) is 0 Å². The summed E-state index contributed by atoms with van der Waals surface area (Å²) >= 11 is 4.64. The molecule has 0 fully saturated rings. The molecule has 1 aromatic carbocycles. The SMILES string of the molecule is Cc1cccc(C(C)C)c1NC(=O)C(=O)NCC(N)=S. The fourth-order valence-electron chi connectivity index (χ4n) is 1.76. The Labute approximate surface area is 123 Å². The second kappa shape index (κ2) is 7.00. The number of amides is 2. The molecule has 108 valence electrons. The van der Waals surface area contributed by atoms with Crippen molar-refractivity contribution in [1.82, 2.24) is 5.32 Å². The van der Waals surface area contributed by atoms with Crippen molar-refractivity contribution in [3.63, 3.8) is 0 Å².